The van der Waals surface area contributed by atoms with Gasteiger partial charge in [-0.25, -0.2) is 8.42 Å². The molecule has 41 heavy (non-hydrogen) atoms. The van der Waals surface area contributed by atoms with Gasteiger partial charge in [-0.05, 0) is 85.8 Å². The summed E-state index contributed by atoms with van der Waals surface area (Å²) in [6.45, 7) is 5.26. The Kier molecular flexibility index (Phi) is 10.1. The molecule has 5 rings (SSSR count). The van der Waals surface area contributed by atoms with E-state index in [1.54, 1.807) is 24.3 Å². The minimum Gasteiger partial charge on any atom is -0.492 e. The van der Waals surface area contributed by atoms with Gasteiger partial charge in [0, 0.05) is 25.2 Å². The van der Waals surface area contributed by atoms with Gasteiger partial charge in [-0.1, -0.05) is 42.5 Å². The third kappa shape index (κ3) is 8.16. The van der Waals surface area contributed by atoms with Crippen LogP contribution in [0.15, 0.2) is 83.8 Å². The molecule has 3 aromatic rings. The number of amides is 1. The Morgan fingerprint density at radius 1 is 0.854 bits per heavy atom. The fourth-order valence-corrected chi connectivity index (χ4v) is 6.80. The minimum atomic E-state index is -3.53. The summed E-state index contributed by atoms with van der Waals surface area (Å²) < 4.78 is 37.9. The molecule has 1 N–H and O–H groups in total. The lowest BCUT2D eigenvalue weighted by molar-refractivity contribution is 0.0730. The molecule has 0 saturated carbocycles. The first-order valence-corrected chi connectivity index (χ1v) is 15.9. The van der Waals surface area contributed by atoms with Crippen LogP contribution in [0.4, 0.5) is 0 Å². The second kappa shape index (κ2) is 14.1. The molecule has 0 aromatic heterocycles. The van der Waals surface area contributed by atoms with Crippen molar-refractivity contribution in [2.24, 2.45) is 5.92 Å². The highest BCUT2D eigenvalue weighted by Crippen LogP contribution is 2.23. The fourth-order valence-electron chi connectivity index (χ4n) is 5.40. The van der Waals surface area contributed by atoms with E-state index >= 15 is 0 Å². The van der Waals surface area contributed by atoms with Crippen LogP contribution in [0.2, 0.25) is 0 Å². The Morgan fingerprint density at radius 3 is 2.22 bits per heavy atom. The van der Waals surface area contributed by atoms with E-state index in [0.29, 0.717) is 44.2 Å². The van der Waals surface area contributed by atoms with Gasteiger partial charge in [0.1, 0.15) is 12.4 Å². The van der Waals surface area contributed by atoms with Gasteiger partial charge in [0.2, 0.25) is 10.0 Å². The number of morpholine rings is 1. The van der Waals surface area contributed by atoms with Crippen LogP contribution in [0, 0.1) is 5.92 Å². The van der Waals surface area contributed by atoms with Gasteiger partial charge >= 0.3 is 0 Å². The summed E-state index contributed by atoms with van der Waals surface area (Å²) in [6, 6.07) is 25.0. The maximum Gasteiger partial charge on any atom is 0.251 e. The number of nitrogens with one attached hydrogen (secondary N) is 1. The third-order valence-corrected chi connectivity index (χ3v) is 9.70. The van der Waals surface area contributed by atoms with Gasteiger partial charge in [0.15, 0.2) is 0 Å². The molecule has 0 bridgehead atoms. The molecule has 2 saturated heterocycles. The van der Waals surface area contributed by atoms with Crippen LogP contribution >= 0.6 is 0 Å². The molecule has 0 aliphatic carbocycles. The summed E-state index contributed by atoms with van der Waals surface area (Å²) in [6.07, 6.45) is 3.60. The summed E-state index contributed by atoms with van der Waals surface area (Å²) in [7, 11) is -3.53. The zero-order chi connectivity index (χ0) is 28.5. The number of hydrogen-bond acceptors (Lipinski definition) is 6. The first kappa shape index (κ1) is 29.3. The molecule has 218 valence electrons. The van der Waals surface area contributed by atoms with Crippen molar-refractivity contribution in [3.63, 3.8) is 0 Å². The van der Waals surface area contributed by atoms with Gasteiger partial charge in [-0.2, -0.15) is 4.31 Å². The van der Waals surface area contributed by atoms with Gasteiger partial charge in [-0.15, -0.1) is 0 Å². The zero-order valence-electron chi connectivity index (χ0n) is 23.4. The lowest BCUT2D eigenvalue weighted by Gasteiger charge is -2.32. The number of piperidine rings is 1. The second-order valence-electron chi connectivity index (χ2n) is 10.7. The van der Waals surface area contributed by atoms with E-state index in [1.807, 2.05) is 24.3 Å². The zero-order valence-corrected chi connectivity index (χ0v) is 24.2. The monoisotopic (exact) mass is 577 g/mol. The Balaban J connectivity index is 1.00. The van der Waals surface area contributed by atoms with Crippen molar-refractivity contribution in [1.82, 2.24) is 14.5 Å². The predicted molar refractivity (Wildman–Crippen MR) is 158 cm³/mol. The highest BCUT2D eigenvalue weighted by Gasteiger charge is 2.26. The normalized spacial score (nSPS) is 17.3. The maximum absolute atomic E-state index is 12.7. The van der Waals surface area contributed by atoms with Crippen LogP contribution in [-0.4, -0.2) is 76.1 Å². The molecular weight excluding hydrogens is 538 g/mol. The molecule has 0 atom stereocenters. The van der Waals surface area contributed by atoms with E-state index in [0.717, 1.165) is 32.0 Å². The number of carbonyl (C=O) groups excluding carboxylic acids is 1. The number of carbonyl (C=O) groups is 1. The molecule has 2 heterocycles. The number of hydrogen-bond donors (Lipinski definition) is 1. The molecule has 3 aromatic carbocycles. The average Bonchev–Trinajstić information content (AvgIpc) is 3.02. The highest BCUT2D eigenvalue weighted by molar-refractivity contribution is 7.89. The van der Waals surface area contributed by atoms with Crippen LogP contribution in [0.25, 0.3) is 0 Å². The molecule has 2 fully saturated rings. The van der Waals surface area contributed by atoms with E-state index in [9.17, 15) is 13.2 Å². The van der Waals surface area contributed by atoms with Crippen LogP contribution in [0.5, 0.6) is 5.75 Å². The number of rotatable bonds is 11. The summed E-state index contributed by atoms with van der Waals surface area (Å²) in [5.41, 5.74) is 3.26. The number of likely N-dealkylation sites (tertiary alicyclic amines) is 1. The van der Waals surface area contributed by atoms with Gasteiger partial charge < -0.3 is 14.8 Å². The van der Waals surface area contributed by atoms with Crippen LogP contribution < -0.4 is 10.1 Å². The third-order valence-electron chi connectivity index (χ3n) is 7.78. The number of sulfonamides is 1. The second-order valence-corrected chi connectivity index (χ2v) is 12.6. The molecule has 0 unspecified atom stereocenters. The molecule has 0 spiro atoms. The predicted octanol–water partition coefficient (Wildman–Crippen LogP) is 3.97. The molecular formula is C32H39N3O5S. The van der Waals surface area contributed by atoms with Crippen LogP contribution in [-0.2, 0) is 27.7 Å². The Bertz CT molecular complexity index is 1350. The van der Waals surface area contributed by atoms with Crippen molar-refractivity contribution >= 4 is 15.9 Å². The van der Waals surface area contributed by atoms with E-state index in [1.165, 1.54) is 28.3 Å². The smallest absolute Gasteiger partial charge is 0.251 e. The van der Waals surface area contributed by atoms with Crippen molar-refractivity contribution in [3.05, 3.63) is 95.6 Å². The summed E-state index contributed by atoms with van der Waals surface area (Å²) in [5.74, 6) is 1.15. The number of ether oxygens (including phenoxy) is 2. The SMILES string of the molecule is O=C(NCCOc1ccc(S(=O)(=O)N2CCOCC2)cc1)c1ccc(CN2CCC(Cc3ccccc3)CC2)cc1. The Morgan fingerprint density at radius 2 is 1.54 bits per heavy atom. The maximum atomic E-state index is 12.7. The average molecular weight is 578 g/mol. The topological polar surface area (TPSA) is 88.2 Å². The largest absolute Gasteiger partial charge is 0.492 e. The van der Waals surface area contributed by atoms with E-state index in [-0.39, 0.29) is 17.4 Å². The molecule has 0 radical (unpaired) electrons. The summed E-state index contributed by atoms with van der Waals surface area (Å²) in [4.78, 5) is 15.3. The fraction of sp³-hybridized carbons (Fsp3) is 0.406. The van der Waals surface area contributed by atoms with E-state index in [4.69, 9.17) is 9.47 Å². The van der Waals surface area contributed by atoms with Gasteiger partial charge in [0.05, 0.1) is 24.7 Å². The molecule has 2 aliphatic rings. The van der Waals surface area contributed by atoms with Crippen molar-refractivity contribution in [1.29, 1.82) is 0 Å². The first-order valence-electron chi connectivity index (χ1n) is 14.4. The van der Waals surface area contributed by atoms with Crippen molar-refractivity contribution in [2.45, 2.75) is 30.7 Å². The molecule has 9 heteroatoms. The lowest BCUT2D eigenvalue weighted by Crippen LogP contribution is -2.40. The first-order chi connectivity index (χ1) is 20.0. The Hall–Kier alpha value is -3.24. The summed E-state index contributed by atoms with van der Waals surface area (Å²) >= 11 is 0. The van der Waals surface area contributed by atoms with Gasteiger partial charge in [0.25, 0.3) is 5.91 Å². The minimum absolute atomic E-state index is 0.145. The molecule has 8 nitrogen and oxygen atoms in total. The standard InChI is InChI=1S/C32H39N3O5S/c36-32(33-16-21-40-30-10-12-31(13-11-30)41(37,38)35-19-22-39-23-20-35)29-8-6-28(7-9-29)25-34-17-14-27(15-18-34)24-26-4-2-1-3-5-26/h1-13,27H,14-25H2,(H,33,36). The number of nitrogens with zero attached hydrogens (tertiary/aromatic N) is 2. The van der Waals surface area contributed by atoms with Crippen LogP contribution in [0.3, 0.4) is 0 Å². The van der Waals surface area contributed by atoms with Crippen molar-refractivity contribution in [3.8, 4) is 5.75 Å². The van der Waals surface area contributed by atoms with Crippen molar-refractivity contribution < 1.29 is 22.7 Å². The van der Waals surface area contributed by atoms with E-state index < -0.39 is 10.0 Å². The van der Waals surface area contributed by atoms with Crippen molar-refractivity contribution in [2.75, 3.05) is 52.5 Å². The lowest BCUT2D eigenvalue weighted by atomic mass is 9.90. The van der Waals surface area contributed by atoms with Gasteiger partial charge in [-0.3, -0.25) is 9.69 Å². The van der Waals surface area contributed by atoms with E-state index in [2.05, 4.69) is 40.5 Å². The quantitative estimate of drug-likeness (QED) is 0.347. The Labute approximate surface area is 243 Å². The highest BCUT2D eigenvalue weighted by atomic mass is 32.2. The molecule has 1 amide bonds. The number of benzene rings is 3. The molecule has 2 aliphatic heterocycles. The van der Waals surface area contributed by atoms with Crippen LogP contribution in [0.1, 0.15) is 34.3 Å². The summed E-state index contributed by atoms with van der Waals surface area (Å²) in [5, 5.41) is 2.88.